The largest absolute Gasteiger partial charge is 0.461 e. The summed E-state index contributed by atoms with van der Waals surface area (Å²) >= 11 is 0. The zero-order valence-electron chi connectivity index (χ0n) is 14.2. The van der Waals surface area contributed by atoms with Crippen molar-refractivity contribution in [3.63, 3.8) is 0 Å². The van der Waals surface area contributed by atoms with Crippen LogP contribution >= 0.6 is 0 Å². The molecule has 0 amide bonds. The van der Waals surface area contributed by atoms with Crippen LogP contribution in [0.1, 0.15) is 28.8 Å². The van der Waals surface area contributed by atoms with Crippen LogP contribution in [-0.2, 0) is 11.3 Å². The second kappa shape index (κ2) is 6.51. The summed E-state index contributed by atoms with van der Waals surface area (Å²) < 4.78 is 20.9. The number of benzene rings is 1. The van der Waals surface area contributed by atoms with Crippen molar-refractivity contribution in [1.29, 1.82) is 0 Å². The Morgan fingerprint density at radius 1 is 1.27 bits per heavy atom. The van der Waals surface area contributed by atoms with E-state index in [0.29, 0.717) is 29.3 Å². The first-order chi connectivity index (χ1) is 12.7. The Hall–Kier alpha value is -3.36. The van der Waals surface area contributed by atoms with Crippen LogP contribution in [-0.4, -0.2) is 34.5 Å². The molecular formula is C17H16N4O5. The highest BCUT2D eigenvalue weighted by atomic mass is 16.7. The molecule has 134 valence electrons. The number of hydrogen-bond donors (Lipinski definition) is 1. The Labute approximate surface area is 148 Å². The second-order valence-electron chi connectivity index (χ2n) is 5.59. The summed E-state index contributed by atoms with van der Waals surface area (Å²) in [6, 6.07) is 5.66. The molecule has 9 heteroatoms. The monoisotopic (exact) mass is 356 g/mol. The number of carbonyl (C=O) groups is 1. The SMILES string of the molecule is CCOC(=O)c1noc2nc(C)nc(NCc3ccc4c(c3)OCO4)c12. The van der Waals surface area contributed by atoms with Crippen molar-refractivity contribution >= 4 is 22.9 Å². The van der Waals surface area contributed by atoms with E-state index >= 15 is 0 Å². The van der Waals surface area contributed by atoms with Crippen molar-refractivity contribution < 1.29 is 23.5 Å². The molecule has 0 unspecified atom stereocenters. The van der Waals surface area contributed by atoms with Gasteiger partial charge in [-0.25, -0.2) is 9.78 Å². The van der Waals surface area contributed by atoms with Gasteiger partial charge in [0.1, 0.15) is 17.0 Å². The van der Waals surface area contributed by atoms with Crippen molar-refractivity contribution in [3.8, 4) is 11.5 Å². The molecule has 4 rings (SSSR count). The average molecular weight is 356 g/mol. The molecule has 3 heterocycles. The summed E-state index contributed by atoms with van der Waals surface area (Å²) in [4.78, 5) is 20.7. The highest BCUT2D eigenvalue weighted by Gasteiger charge is 2.23. The highest BCUT2D eigenvalue weighted by molar-refractivity contribution is 6.04. The molecule has 9 nitrogen and oxygen atoms in total. The van der Waals surface area contributed by atoms with Gasteiger partial charge in [0.15, 0.2) is 11.5 Å². The number of aromatic nitrogens is 3. The van der Waals surface area contributed by atoms with Crippen molar-refractivity contribution in [1.82, 2.24) is 15.1 Å². The van der Waals surface area contributed by atoms with Crippen LogP contribution in [0.3, 0.4) is 0 Å². The fourth-order valence-electron chi connectivity index (χ4n) is 2.66. The van der Waals surface area contributed by atoms with Crippen LogP contribution in [0.2, 0.25) is 0 Å². The summed E-state index contributed by atoms with van der Waals surface area (Å²) in [5, 5.41) is 7.39. The van der Waals surface area contributed by atoms with Gasteiger partial charge in [-0.05, 0) is 31.5 Å². The summed E-state index contributed by atoms with van der Waals surface area (Å²) in [7, 11) is 0. The number of hydrogen-bond acceptors (Lipinski definition) is 9. The molecule has 0 atom stereocenters. The van der Waals surface area contributed by atoms with E-state index in [2.05, 4.69) is 20.4 Å². The van der Waals surface area contributed by atoms with E-state index in [1.165, 1.54) is 0 Å². The fourth-order valence-corrected chi connectivity index (χ4v) is 2.66. The molecule has 0 saturated carbocycles. The van der Waals surface area contributed by atoms with Crippen molar-refractivity contribution in [2.45, 2.75) is 20.4 Å². The molecule has 1 N–H and O–H groups in total. The lowest BCUT2D eigenvalue weighted by Gasteiger charge is -2.08. The van der Waals surface area contributed by atoms with Gasteiger partial charge in [0.25, 0.3) is 5.71 Å². The number of ether oxygens (including phenoxy) is 3. The molecule has 2 aromatic heterocycles. The number of anilines is 1. The summed E-state index contributed by atoms with van der Waals surface area (Å²) in [5.74, 6) is 1.79. The lowest BCUT2D eigenvalue weighted by atomic mass is 10.2. The molecule has 0 aliphatic carbocycles. The Kier molecular flexibility index (Phi) is 4.04. The first-order valence-electron chi connectivity index (χ1n) is 8.09. The van der Waals surface area contributed by atoms with Crippen LogP contribution in [0.25, 0.3) is 11.1 Å². The number of aryl methyl sites for hydroxylation is 1. The van der Waals surface area contributed by atoms with Crippen LogP contribution in [0.5, 0.6) is 11.5 Å². The lowest BCUT2D eigenvalue weighted by Crippen LogP contribution is -2.08. The third kappa shape index (κ3) is 2.87. The average Bonchev–Trinajstić information content (AvgIpc) is 3.25. The van der Waals surface area contributed by atoms with Gasteiger partial charge in [-0.1, -0.05) is 11.2 Å². The smallest absolute Gasteiger partial charge is 0.361 e. The number of nitrogens with zero attached hydrogens (tertiary/aromatic N) is 3. The van der Waals surface area contributed by atoms with Gasteiger partial charge >= 0.3 is 5.97 Å². The minimum absolute atomic E-state index is 0.0510. The molecule has 0 saturated heterocycles. The van der Waals surface area contributed by atoms with E-state index in [0.717, 1.165) is 11.3 Å². The van der Waals surface area contributed by atoms with Gasteiger partial charge in [0.05, 0.1) is 6.61 Å². The second-order valence-corrected chi connectivity index (χ2v) is 5.59. The topological polar surface area (TPSA) is 109 Å². The number of fused-ring (bicyclic) bond motifs is 2. The van der Waals surface area contributed by atoms with E-state index in [1.807, 2.05) is 18.2 Å². The minimum atomic E-state index is -0.579. The van der Waals surface area contributed by atoms with Crippen molar-refractivity contribution in [3.05, 3.63) is 35.3 Å². The van der Waals surface area contributed by atoms with Crippen molar-refractivity contribution in [2.24, 2.45) is 0 Å². The summed E-state index contributed by atoms with van der Waals surface area (Å²) in [5.41, 5.74) is 1.25. The molecule has 1 aromatic carbocycles. The number of esters is 1. The van der Waals surface area contributed by atoms with E-state index < -0.39 is 5.97 Å². The molecule has 0 radical (unpaired) electrons. The number of carbonyl (C=O) groups excluding carboxylic acids is 1. The Morgan fingerprint density at radius 3 is 2.96 bits per heavy atom. The molecule has 0 spiro atoms. The molecule has 0 bridgehead atoms. The third-order valence-corrected chi connectivity index (χ3v) is 3.81. The summed E-state index contributed by atoms with van der Waals surface area (Å²) in [6.45, 7) is 4.37. The van der Waals surface area contributed by atoms with E-state index in [-0.39, 0.29) is 24.8 Å². The predicted octanol–water partition coefficient (Wildman–Crippen LogP) is 2.44. The minimum Gasteiger partial charge on any atom is -0.461 e. The Bertz CT molecular complexity index is 985. The van der Waals surface area contributed by atoms with Gasteiger partial charge in [-0.3, -0.25) is 0 Å². The predicted molar refractivity (Wildman–Crippen MR) is 90.2 cm³/mol. The van der Waals surface area contributed by atoms with E-state index in [1.54, 1.807) is 13.8 Å². The first kappa shape index (κ1) is 16.1. The third-order valence-electron chi connectivity index (χ3n) is 3.81. The number of rotatable bonds is 5. The van der Waals surface area contributed by atoms with Crippen LogP contribution in [0, 0.1) is 6.92 Å². The Balaban J connectivity index is 1.65. The molecule has 1 aliphatic rings. The maximum atomic E-state index is 12.1. The van der Waals surface area contributed by atoms with Gasteiger partial charge in [0.2, 0.25) is 12.5 Å². The van der Waals surface area contributed by atoms with Crippen LogP contribution in [0.15, 0.2) is 22.7 Å². The van der Waals surface area contributed by atoms with Crippen LogP contribution in [0.4, 0.5) is 5.82 Å². The van der Waals surface area contributed by atoms with E-state index in [9.17, 15) is 4.79 Å². The fraction of sp³-hybridized carbons (Fsp3) is 0.294. The van der Waals surface area contributed by atoms with Crippen LogP contribution < -0.4 is 14.8 Å². The normalized spacial score (nSPS) is 12.4. The van der Waals surface area contributed by atoms with Gasteiger partial charge < -0.3 is 24.1 Å². The zero-order chi connectivity index (χ0) is 18.1. The highest BCUT2D eigenvalue weighted by Crippen LogP contribution is 2.33. The number of nitrogens with one attached hydrogen (secondary N) is 1. The van der Waals surface area contributed by atoms with Crippen molar-refractivity contribution in [2.75, 3.05) is 18.7 Å². The molecule has 1 aliphatic heterocycles. The maximum absolute atomic E-state index is 12.1. The standard InChI is InChI=1S/C17H16N4O5/c1-3-23-17(22)14-13-15(19-9(2)20-16(13)26-21-14)18-7-10-4-5-11-12(6-10)25-8-24-11/h4-6H,3,7-8H2,1-2H3,(H,18,19,20). The van der Waals surface area contributed by atoms with Gasteiger partial charge in [-0.2, -0.15) is 4.98 Å². The zero-order valence-corrected chi connectivity index (χ0v) is 14.2. The molecule has 3 aromatic rings. The maximum Gasteiger partial charge on any atom is 0.361 e. The lowest BCUT2D eigenvalue weighted by molar-refractivity contribution is 0.0517. The van der Waals surface area contributed by atoms with Gasteiger partial charge in [-0.15, -0.1) is 0 Å². The molecule has 26 heavy (non-hydrogen) atoms. The van der Waals surface area contributed by atoms with E-state index in [4.69, 9.17) is 18.7 Å². The molecule has 0 fully saturated rings. The van der Waals surface area contributed by atoms with Gasteiger partial charge in [0, 0.05) is 6.54 Å². The summed E-state index contributed by atoms with van der Waals surface area (Å²) in [6.07, 6.45) is 0. The first-order valence-corrected chi connectivity index (χ1v) is 8.09. The quantitative estimate of drug-likeness (QED) is 0.689. The molecular weight excluding hydrogens is 340 g/mol. The Morgan fingerprint density at radius 2 is 2.12 bits per heavy atom.